The molecule has 0 aromatic carbocycles. The van der Waals surface area contributed by atoms with E-state index in [1.165, 1.54) is 30.9 Å². The van der Waals surface area contributed by atoms with Crippen molar-refractivity contribution in [3.8, 4) is 22.5 Å². The minimum absolute atomic E-state index is 0.0150. The molecule has 0 aliphatic heterocycles. The molecule has 4 aromatic rings. The number of nitrogens with one attached hydrogen (secondary N) is 2. The molecule has 0 unspecified atom stereocenters. The lowest BCUT2D eigenvalue weighted by Gasteiger charge is -2.33. The van der Waals surface area contributed by atoms with Crippen molar-refractivity contribution in [1.82, 2.24) is 34.5 Å². The summed E-state index contributed by atoms with van der Waals surface area (Å²) in [5.41, 5.74) is 1.71. The van der Waals surface area contributed by atoms with Crippen molar-refractivity contribution in [2.75, 3.05) is 10.6 Å². The van der Waals surface area contributed by atoms with Crippen LogP contribution < -0.4 is 10.6 Å². The Labute approximate surface area is 221 Å². The van der Waals surface area contributed by atoms with E-state index in [-0.39, 0.29) is 12.0 Å². The zero-order valence-electron chi connectivity index (χ0n) is 21.0. The molecule has 39 heavy (non-hydrogen) atoms. The number of halogens is 4. The SMILES string of the molecule is CC1(O)CCC(Nc2nc(Nc3ccnc(-c4cnn(CC(F)F)c4)c3)ncc2-c2ccn(C(F)F)n2)CC1. The van der Waals surface area contributed by atoms with Crippen LogP contribution >= 0.6 is 0 Å². The van der Waals surface area contributed by atoms with E-state index in [4.69, 9.17) is 0 Å². The van der Waals surface area contributed by atoms with E-state index in [0.717, 1.165) is 4.68 Å². The summed E-state index contributed by atoms with van der Waals surface area (Å²) in [5.74, 6) is 0.656. The molecule has 14 heteroatoms. The van der Waals surface area contributed by atoms with Crippen LogP contribution in [0.2, 0.25) is 0 Å². The highest BCUT2D eigenvalue weighted by Gasteiger charge is 2.29. The van der Waals surface area contributed by atoms with Gasteiger partial charge in [0.25, 0.3) is 6.43 Å². The van der Waals surface area contributed by atoms with Crippen molar-refractivity contribution in [1.29, 1.82) is 0 Å². The third-order valence-corrected chi connectivity index (χ3v) is 6.55. The maximum absolute atomic E-state index is 13.1. The lowest BCUT2D eigenvalue weighted by Crippen LogP contribution is -2.36. The molecular weight excluding hydrogens is 518 g/mol. The number of aromatic nitrogens is 7. The van der Waals surface area contributed by atoms with Crippen LogP contribution in [-0.4, -0.2) is 57.7 Å². The van der Waals surface area contributed by atoms with Gasteiger partial charge in [-0.15, -0.1) is 0 Å². The second kappa shape index (κ2) is 11.0. The summed E-state index contributed by atoms with van der Waals surface area (Å²) in [6, 6.07) is 4.89. The van der Waals surface area contributed by atoms with Crippen LogP contribution in [-0.2, 0) is 6.54 Å². The first kappa shape index (κ1) is 26.5. The fourth-order valence-corrected chi connectivity index (χ4v) is 4.44. The summed E-state index contributed by atoms with van der Waals surface area (Å²) < 4.78 is 53.3. The third kappa shape index (κ3) is 6.50. The molecular formula is C25H27F4N9O. The Balaban J connectivity index is 1.40. The summed E-state index contributed by atoms with van der Waals surface area (Å²) in [5, 5.41) is 24.7. The van der Waals surface area contributed by atoms with Gasteiger partial charge < -0.3 is 15.7 Å². The van der Waals surface area contributed by atoms with Gasteiger partial charge in [0.15, 0.2) is 0 Å². The highest BCUT2D eigenvalue weighted by Crippen LogP contribution is 2.33. The van der Waals surface area contributed by atoms with Gasteiger partial charge >= 0.3 is 6.55 Å². The van der Waals surface area contributed by atoms with E-state index in [1.807, 2.05) is 6.92 Å². The molecule has 3 N–H and O–H groups in total. The number of hydrogen-bond donors (Lipinski definition) is 3. The second-order valence-corrected chi connectivity index (χ2v) is 9.73. The molecule has 5 rings (SSSR count). The van der Waals surface area contributed by atoms with Crippen LogP contribution in [0.3, 0.4) is 0 Å². The minimum atomic E-state index is -2.78. The molecule has 1 aliphatic carbocycles. The van der Waals surface area contributed by atoms with Crippen molar-refractivity contribution in [2.45, 2.75) is 63.8 Å². The lowest BCUT2D eigenvalue weighted by atomic mass is 9.83. The molecule has 0 atom stereocenters. The molecule has 1 saturated carbocycles. The van der Waals surface area contributed by atoms with Gasteiger partial charge in [-0.3, -0.25) is 9.67 Å². The van der Waals surface area contributed by atoms with Gasteiger partial charge in [-0.05, 0) is 50.8 Å². The number of pyridine rings is 1. The normalized spacial score (nSPS) is 19.5. The van der Waals surface area contributed by atoms with Crippen LogP contribution in [0.4, 0.5) is 35.0 Å². The summed E-state index contributed by atoms with van der Waals surface area (Å²) in [6.07, 6.45) is 7.32. The van der Waals surface area contributed by atoms with Gasteiger partial charge in [0, 0.05) is 42.1 Å². The van der Waals surface area contributed by atoms with Gasteiger partial charge in [0.1, 0.15) is 12.4 Å². The number of nitrogens with zero attached hydrogens (tertiary/aromatic N) is 7. The highest BCUT2D eigenvalue weighted by atomic mass is 19.3. The van der Waals surface area contributed by atoms with Crippen LogP contribution in [0.1, 0.15) is 39.2 Å². The Morgan fingerprint density at radius 1 is 1.10 bits per heavy atom. The Morgan fingerprint density at radius 2 is 1.90 bits per heavy atom. The van der Waals surface area contributed by atoms with Gasteiger partial charge in [-0.1, -0.05) is 0 Å². The maximum Gasteiger partial charge on any atom is 0.333 e. The van der Waals surface area contributed by atoms with Crippen molar-refractivity contribution in [3.05, 3.63) is 49.2 Å². The topological polar surface area (TPSA) is 119 Å². The van der Waals surface area contributed by atoms with E-state index in [1.54, 1.807) is 18.3 Å². The molecule has 1 aliphatic rings. The molecule has 1 fully saturated rings. The molecule has 4 heterocycles. The first-order valence-corrected chi connectivity index (χ1v) is 12.4. The van der Waals surface area contributed by atoms with Crippen LogP contribution in [0.5, 0.6) is 0 Å². The quantitative estimate of drug-likeness (QED) is 0.249. The molecule has 0 amide bonds. The zero-order valence-corrected chi connectivity index (χ0v) is 21.0. The highest BCUT2D eigenvalue weighted by molar-refractivity contribution is 5.73. The predicted octanol–water partition coefficient (Wildman–Crippen LogP) is 5.11. The summed E-state index contributed by atoms with van der Waals surface area (Å²) in [7, 11) is 0. The van der Waals surface area contributed by atoms with E-state index >= 15 is 0 Å². The van der Waals surface area contributed by atoms with Gasteiger partial charge in [0.2, 0.25) is 5.95 Å². The lowest BCUT2D eigenvalue weighted by molar-refractivity contribution is 0.0196. The van der Waals surface area contributed by atoms with Crippen LogP contribution in [0.15, 0.2) is 49.2 Å². The third-order valence-electron chi connectivity index (χ3n) is 6.55. The Morgan fingerprint density at radius 3 is 2.62 bits per heavy atom. The van der Waals surface area contributed by atoms with E-state index in [0.29, 0.717) is 64.4 Å². The number of rotatable bonds is 9. The number of aliphatic hydroxyl groups is 1. The first-order chi connectivity index (χ1) is 18.6. The van der Waals surface area contributed by atoms with E-state index in [9.17, 15) is 22.7 Å². The average molecular weight is 546 g/mol. The van der Waals surface area contributed by atoms with Gasteiger partial charge in [-0.25, -0.2) is 18.4 Å². The Bertz CT molecular complexity index is 1410. The Hall–Kier alpha value is -4.07. The molecule has 0 bridgehead atoms. The van der Waals surface area contributed by atoms with Crippen molar-refractivity contribution >= 4 is 17.5 Å². The summed E-state index contributed by atoms with van der Waals surface area (Å²) in [4.78, 5) is 13.3. The van der Waals surface area contributed by atoms with Crippen molar-refractivity contribution < 1.29 is 22.7 Å². The van der Waals surface area contributed by atoms with Gasteiger partial charge in [-0.2, -0.15) is 24.0 Å². The summed E-state index contributed by atoms with van der Waals surface area (Å²) in [6.45, 7) is -1.48. The molecule has 4 aromatic heterocycles. The Kier molecular flexibility index (Phi) is 7.46. The largest absolute Gasteiger partial charge is 0.390 e. The fourth-order valence-electron chi connectivity index (χ4n) is 4.44. The van der Waals surface area contributed by atoms with Crippen LogP contribution in [0, 0.1) is 0 Å². The average Bonchev–Trinajstić information content (AvgIpc) is 3.56. The minimum Gasteiger partial charge on any atom is -0.390 e. The van der Waals surface area contributed by atoms with Crippen LogP contribution in [0.25, 0.3) is 22.5 Å². The predicted molar refractivity (Wildman–Crippen MR) is 136 cm³/mol. The summed E-state index contributed by atoms with van der Waals surface area (Å²) >= 11 is 0. The second-order valence-electron chi connectivity index (χ2n) is 9.73. The monoisotopic (exact) mass is 545 g/mol. The van der Waals surface area contributed by atoms with Crippen molar-refractivity contribution in [2.24, 2.45) is 0 Å². The maximum atomic E-state index is 13.1. The molecule has 0 spiro atoms. The zero-order chi connectivity index (χ0) is 27.6. The smallest absolute Gasteiger partial charge is 0.333 e. The molecule has 206 valence electrons. The standard InChI is InChI=1S/C25H27F4N9O/c1-25(39)6-2-16(3-7-25)33-22-18(19-5-9-38(36-19)23(28)29)12-31-24(35-22)34-17-4-8-30-20(10-17)15-11-32-37(13-15)14-21(26)27/h4-5,8-13,16,21,23,39H,2-3,6-7,14H2,1H3,(H2,30,31,33,34,35). The molecule has 0 radical (unpaired) electrons. The van der Waals surface area contributed by atoms with Crippen molar-refractivity contribution in [3.63, 3.8) is 0 Å². The van der Waals surface area contributed by atoms with E-state index in [2.05, 4.69) is 35.8 Å². The molecule has 10 nitrogen and oxygen atoms in total. The van der Waals surface area contributed by atoms with E-state index < -0.39 is 25.1 Å². The first-order valence-electron chi connectivity index (χ1n) is 12.4. The number of hydrogen-bond acceptors (Lipinski definition) is 8. The number of anilines is 3. The molecule has 0 saturated heterocycles. The van der Waals surface area contributed by atoms with Gasteiger partial charge in [0.05, 0.1) is 28.7 Å². The fraction of sp³-hybridized carbons (Fsp3) is 0.400. The number of alkyl halides is 4.